The van der Waals surface area contributed by atoms with E-state index in [1.54, 1.807) is 60.7 Å². The SMILES string of the molecule is O=C(O)CN1C(=O)C(=O)/C(=C(/O)c2ccccc2)C1c1ccccc1. The molecule has 1 unspecified atom stereocenters. The summed E-state index contributed by atoms with van der Waals surface area (Å²) in [7, 11) is 0. The first-order chi connectivity index (χ1) is 12.0. The molecule has 6 nitrogen and oxygen atoms in total. The van der Waals surface area contributed by atoms with Crippen molar-refractivity contribution in [3.8, 4) is 0 Å². The number of ketones is 1. The number of aliphatic hydroxyl groups excluding tert-OH is 1. The molecule has 1 heterocycles. The number of aliphatic carboxylic acids is 1. The Bertz CT molecular complexity index is 858. The van der Waals surface area contributed by atoms with Crippen molar-refractivity contribution in [2.75, 3.05) is 6.54 Å². The van der Waals surface area contributed by atoms with Gasteiger partial charge < -0.3 is 15.1 Å². The molecule has 25 heavy (non-hydrogen) atoms. The van der Waals surface area contributed by atoms with Crippen molar-refractivity contribution in [1.82, 2.24) is 4.90 Å². The van der Waals surface area contributed by atoms with Crippen LogP contribution in [0.5, 0.6) is 0 Å². The number of hydrogen-bond donors (Lipinski definition) is 2. The number of Topliss-reactive ketones (excluding diaryl/α,β-unsaturated/α-hetero) is 1. The Balaban J connectivity index is 2.19. The van der Waals surface area contributed by atoms with Gasteiger partial charge in [0.1, 0.15) is 12.3 Å². The highest BCUT2D eigenvalue weighted by Crippen LogP contribution is 2.38. The molecule has 0 aliphatic carbocycles. The van der Waals surface area contributed by atoms with Gasteiger partial charge in [0.15, 0.2) is 0 Å². The van der Waals surface area contributed by atoms with Gasteiger partial charge in [-0.3, -0.25) is 14.4 Å². The fourth-order valence-corrected chi connectivity index (χ4v) is 2.92. The van der Waals surface area contributed by atoms with Gasteiger partial charge >= 0.3 is 5.97 Å². The van der Waals surface area contributed by atoms with Gasteiger partial charge in [0.05, 0.1) is 11.6 Å². The lowest BCUT2D eigenvalue weighted by Gasteiger charge is -2.23. The van der Waals surface area contributed by atoms with Crippen molar-refractivity contribution in [3.05, 3.63) is 77.4 Å². The van der Waals surface area contributed by atoms with Crippen LogP contribution in [-0.2, 0) is 14.4 Å². The largest absolute Gasteiger partial charge is 0.507 e. The summed E-state index contributed by atoms with van der Waals surface area (Å²) >= 11 is 0. The molecule has 0 bridgehead atoms. The van der Waals surface area contributed by atoms with Crippen LogP contribution in [-0.4, -0.2) is 39.3 Å². The van der Waals surface area contributed by atoms with E-state index in [-0.39, 0.29) is 11.3 Å². The average Bonchev–Trinajstić information content (AvgIpc) is 2.87. The molecule has 0 saturated carbocycles. The second-order valence-corrected chi connectivity index (χ2v) is 5.60. The lowest BCUT2D eigenvalue weighted by molar-refractivity contribution is -0.146. The van der Waals surface area contributed by atoms with Gasteiger partial charge in [-0.15, -0.1) is 0 Å². The van der Waals surface area contributed by atoms with E-state index in [0.717, 1.165) is 4.90 Å². The van der Waals surface area contributed by atoms with E-state index < -0.39 is 30.2 Å². The fourth-order valence-electron chi connectivity index (χ4n) is 2.92. The maximum atomic E-state index is 12.5. The summed E-state index contributed by atoms with van der Waals surface area (Å²) in [5.41, 5.74) is 0.834. The number of amides is 1. The van der Waals surface area contributed by atoms with E-state index in [2.05, 4.69) is 0 Å². The van der Waals surface area contributed by atoms with Gasteiger partial charge in [-0.2, -0.15) is 0 Å². The van der Waals surface area contributed by atoms with Crippen molar-refractivity contribution in [2.24, 2.45) is 0 Å². The van der Waals surface area contributed by atoms with Crippen LogP contribution in [0.3, 0.4) is 0 Å². The van der Waals surface area contributed by atoms with Crippen molar-refractivity contribution >= 4 is 23.4 Å². The maximum absolute atomic E-state index is 12.5. The molecule has 6 heteroatoms. The van der Waals surface area contributed by atoms with Crippen LogP contribution >= 0.6 is 0 Å². The van der Waals surface area contributed by atoms with E-state index in [4.69, 9.17) is 5.11 Å². The minimum absolute atomic E-state index is 0.108. The monoisotopic (exact) mass is 337 g/mol. The second-order valence-electron chi connectivity index (χ2n) is 5.60. The number of nitrogens with zero attached hydrogens (tertiary/aromatic N) is 1. The van der Waals surface area contributed by atoms with Crippen LogP contribution in [0.25, 0.3) is 5.76 Å². The molecular weight excluding hydrogens is 322 g/mol. The third kappa shape index (κ3) is 3.01. The third-order valence-electron chi connectivity index (χ3n) is 4.01. The van der Waals surface area contributed by atoms with Crippen LogP contribution < -0.4 is 0 Å². The summed E-state index contributed by atoms with van der Waals surface area (Å²) in [6, 6.07) is 16.0. The lowest BCUT2D eigenvalue weighted by Crippen LogP contribution is -2.34. The van der Waals surface area contributed by atoms with E-state index in [1.807, 2.05) is 0 Å². The Kier molecular flexibility index (Phi) is 4.35. The number of rotatable bonds is 4. The molecule has 0 aromatic heterocycles. The number of carboxylic acid groups (broad SMARTS) is 1. The Labute approximate surface area is 143 Å². The predicted octanol–water partition coefficient (Wildman–Crippen LogP) is 2.19. The van der Waals surface area contributed by atoms with Crippen molar-refractivity contribution in [1.29, 1.82) is 0 Å². The van der Waals surface area contributed by atoms with Gasteiger partial charge in [-0.25, -0.2) is 0 Å². The molecule has 0 radical (unpaired) electrons. The maximum Gasteiger partial charge on any atom is 0.323 e. The van der Waals surface area contributed by atoms with Gasteiger partial charge in [0.2, 0.25) is 0 Å². The summed E-state index contributed by atoms with van der Waals surface area (Å²) in [5.74, 6) is -3.38. The first kappa shape index (κ1) is 16.4. The third-order valence-corrected chi connectivity index (χ3v) is 4.01. The average molecular weight is 337 g/mol. The zero-order valence-electron chi connectivity index (χ0n) is 13.1. The molecular formula is C19H15NO5. The molecule has 1 aliphatic rings. The second kappa shape index (κ2) is 6.60. The minimum Gasteiger partial charge on any atom is -0.507 e. The van der Waals surface area contributed by atoms with E-state index in [9.17, 15) is 19.5 Å². The topological polar surface area (TPSA) is 94.9 Å². The minimum atomic E-state index is -1.23. The Morgan fingerprint density at radius 1 is 0.920 bits per heavy atom. The zero-order chi connectivity index (χ0) is 18.0. The molecule has 1 atom stereocenters. The predicted molar refractivity (Wildman–Crippen MR) is 89.5 cm³/mol. The van der Waals surface area contributed by atoms with E-state index >= 15 is 0 Å². The van der Waals surface area contributed by atoms with Gasteiger partial charge in [-0.05, 0) is 5.56 Å². The number of carboxylic acids is 1. The van der Waals surface area contributed by atoms with E-state index in [1.165, 1.54) is 0 Å². The Hall–Kier alpha value is -3.41. The number of benzene rings is 2. The first-order valence-corrected chi connectivity index (χ1v) is 7.61. The summed E-state index contributed by atoms with van der Waals surface area (Å²) in [5, 5.41) is 19.7. The molecule has 126 valence electrons. The number of carbonyl (C=O) groups excluding carboxylic acids is 2. The summed E-state index contributed by atoms with van der Waals surface area (Å²) in [6.07, 6.45) is 0. The standard InChI is InChI=1S/C19H15NO5/c21-14(22)11-20-16(12-7-3-1-4-8-12)15(18(24)19(20)25)17(23)13-9-5-2-6-10-13/h1-10,16,23H,11H2,(H,21,22)/b17-15+. The molecule has 1 saturated heterocycles. The molecule has 1 amide bonds. The number of hydrogen-bond acceptors (Lipinski definition) is 4. The quantitative estimate of drug-likeness (QED) is 0.507. The molecule has 3 rings (SSSR count). The number of likely N-dealkylation sites (tertiary alicyclic amines) is 1. The van der Waals surface area contributed by atoms with E-state index in [0.29, 0.717) is 11.1 Å². The zero-order valence-corrected chi connectivity index (χ0v) is 13.1. The van der Waals surface area contributed by atoms with Gasteiger partial charge in [0.25, 0.3) is 11.7 Å². The highest BCUT2D eigenvalue weighted by atomic mass is 16.4. The van der Waals surface area contributed by atoms with Gasteiger partial charge in [-0.1, -0.05) is 60.7 Å². The lowest BCUT2D eigenvalue weighted by atomic mass is 9.95. The van der Waals surface area contributed by atoms with Crippen LogP contribution in [0.15, 0.2) is 66.2 Å². The summed E-state index contributed by atoms with van der Waals surface area (Å²) in [6.45, 7) is -0.629. The highest BCUT2D eigenvalue weighted by Gasteiger charge is 2.46. The molecule has 2 N–H and O–H groups in total. The van der Waals surface area contributed by atoms with Gasteiger partial charge in [0, 0.05) is 5.56 Å². The van der Waals surface area contributed by atoms with Crippen molar-refractivity contribution < 1.29 is 24.6 Å². The molecule has 1 aliphatic heterocycles. The smallest absolute Gasteiger partial charge is 0.323 e. The number of aliphatic hydroxyl groups is 1. The summed E-state index contributed by atoms with van der Waals surface area (Å²) < 4.78 is 0. The number of carbonyl (C=O) groups is 3. The van der Waals surface area contributed by atoms with Crippen molar-refractivity contribution in [2.45, 2.75) is 6.04 Å². The first-order valence-electron chi connectivity index (χ1n) is 7.61. The Morgan fingerprint density at radius 2 is 1.48 bits per heavy atom. The van der Waals surface area contributed by atoms with Crippen molar-refractivity contribution in [3.63, 3.8) is 0 Å². The molecule has 2 aromatic carbocycles. The Morgan fingerprint density at radius 3 is 2.04 bits per heavy atom. The van der Waals surface area contributed by atoms with Crippen LogP contribution in [0.4, 0.5) is 0 Å². The fraction of sp³-hybridized carbons (Fsp3) is 0.105. The molecule has 0 spiro atoms. The molecule has 1 fully saturated rings. The highest BCUT2D eigenvalue weighted by molar-refractivity contribution is 6.46. The summed E-state index contributed by atoms with van der Waals surface area (Å²) in [4.78, 5) is 36.9. The van der Waals surface area contributed by atoms with Crippen LogP contribution in [0, 0.1) is 0 Å². The van der Waals surface area contributed by atoms with Crippen LogP contribution in [0.2, 0.25) is 0 Å². The van der Waals surface area contributed by atoms with Crippen LogP contribution in [0.1, 0.15) is 17.2 Å². The normalized spacial score (nSPS) is 19.2. The molecule has 2 aromatic rings.